The summed E-state index contributed by atoms with van der Waals surface area (Å²) >= 11 is 0. The second-order valence-corrected chi connectivity index (χ2v) is 5.61. The summed E-state index contributed by atoms with van der Waals surface area (Å²) in [4.78, 5) is 2.52. The summed E-state index contributed by atoms with van der Waals surface area (Å²) in [6.45, 7) is 3.31. The number of anilines is 2. The Morgan fingerprint density at radius 3 is 2.86 bits per heavy atom. The van der Waals surface area contributed by atoms with Crippen molar-refractivity contribution in [2.75, 3.05) is 23.0 Å². The monoisotopic (exact) mass is 301 g/mol. The van der Waals surface area contributed by atoms with Crippen molar-refractivity contribution in [3.8, 4) is 0 Å². The van der Waals surface area contributed by atoms with Crippen molar-refractivity contribution in [2.45, 2.75) is 26.1 Å². The summed E-state index contributed by atoms with van der Waals surface area (Å²) in [6, 6.07) is 7.83. The first-order valence-electron chi connectivity index (χ1n) is 7.64. The minimum absolute atomic E-state index is 0.427. The van der Waals surface area contributed by atoms with Gasteiger partial charge in [0.2, 0.25) is 0 Å². The number of rotatable bonds is 3. The van der Waals surface area contributed by atoms with Crippen LogP contribution in [0.4, 0.5) is 11.4 Å². The van der Waals surface area contributed by atoms with Crippen LogP contribution in [-0.4, -0.2) is 45.4 Å². The summed E-state index contributed by atoms with van der Waals surface area (Å²) < 4.78 is 0. The van der Waals surface area contributed by atoms with E-state index in [9.17, 15) is 10.3 Å². The van der Waals surface area contributed by atoms with E-state index < -0.39 is 6.35 Å². The smallest absolute Gasteiger partial charge is 0.409 e. The number of hydrazine groups is 2. The molecule has 0 bridgehead atoms. The van der Waals surface area contributed by atoms with Gasteiger partial charge in [0.15, 0.2) is 0 Å². The van der Waals surface area contributed by atoms with Crippen LogP contribution in [0.5, 0.6) is 0 Å². The number of para-hydroxylation sites is 2. The molecule has 3 aliphatic heterocycles. The van der Waals surface area contributed by atoms with Gasteiger partial charge >= 0.3 is 5.96 Å². The molecule has 0 saturated heterocycles. The molecular formula is C15H19N5O2. The molecule has 22 heavy (non-hydrogen) atoms. The van der Waals surface area contributed by atoms with E-state index in [4.69, 9.17) is 0 Å². The molecule has 3 heterocycles. The van der Waals surface area contributed by atoms with E-state index in [0.29, 0.717) is 19.0 Å². The zero-order chi connectivity index (χ0) is 15.3. The van der Waals surface area contributed by atoms with Gasteiger partial charge in [0.1, 0.15) is 11.4 Å². The predicted octanol–water partition coefficient (Wildman–Crippen LogP) is 1.23. The number of nitrogens with zero attached hydrogens (tertiary/aromatic N) is 5. The van der Waals surface area contributed by atoms with Crippen molar-refractivity contribution in [2.24, 2.45) is 0 Å². The number of hydrogen-bond acceptors (Lipinski definition) is 6. The molecule has 0 fully saturated rings. The van der Waals surface area contributed by atoms with Crippen molar-refractivity contribution in [1.82, 2.24) is 10.0 Å². The number of unbranched alkanes of at least 4 members (excludes halogenated alkanes) is 1. The van der Waals surface area contributed by atoms with Gasteiger partial charge in [-0.1, -0.05) is 25.5 Å². The maximum atomic E-state index is 12.7. The topological polar surface area (TPSA) is 59.3 Å². The summed E-state index contributed by atoms with van der Waals surface area (Å²) in [6.07, 6.45) is 4.73. The highest BCUT2D eigenvalue weighted by atomic mass is 16.6. The van der Waals surface area contributed by atoms with E-state index in [1.165, 1.54) is 5.01 Å². The van der Waals surface area contributed by atoms with Crippen molar-refractivity contribution in [1.29, 1.82) is 0 Å². The number of guanidine groups is 1. The maximum absolute atomic E-state index is 12.7. The Bertz CT molecular complexity index is 659. The lowest BCUT2D eigenvalue weighted by atomic mass is 10.2. The average Bonchev–Trinajstić information content (AvgIpc) is 3.10. The molecule has 4 rings (SSSR count). The second-order valence-electron chi connectivity index (χ2n) is 5.61. The van der Waals surface area contributed by atoms with Gasteiger partial charge < -0.3 is 10.3 Å². The predicted molar refractivity (Wildman–Crippen MR) is 83.5 cm³/mol. The molecule has 0 aliphatic carbocycles. The minimum Gasteiger partial charge on any atom is -0.723 e. The van der Waals surface area contributed by atoms with Crippen LogP contribution in [0.2, 0.25) is 0 Å². The van der Waals surface area contributed by atoms with Crippen LogP contribution < -0.4 is 9.91 Å². The number of aliphatic hydroxyl groups excluding tert-OH is 1. The highest BCUT2D eigenvalue weighted by molar-refractivity contribution is 6.02. The van der Waals surface area contributed by atoms with Crippen molar-refractivity contribution >= 4 is 17.3 Å². The van der Waals surface area contributed by atoms with Crippen LogP contribution in [0.15, 0.2) is 36.5 Å². The number of hydrazone groups is 1. The number of aliphatic hydroxyl groups is 1. The normalized spacial score (nSPS) is 22.4. The summed E-state index contributed by atoms with van der Waals surface area (Å²) in [5.74, 6) is 0.427. The highest BCUT2D eigenvalue weighted by Crippen LogP contribution is 2.40. The van der Waals surface area contributed by atoms with Crippen molar-refractivity contribution in [3.05, 3.63) is 41.7 Å². The maximum Gasteiger partial charge on any atom is 0.409 e. The van der Waals surface area contributed by atoms with E-state index >= 15 is 0 Å². The van der Waals surface area contributed by atoms with Gasteiger partial charge in [0.25, 0.3) is 6.35 Å². The Hall–Kier alpha value is -2.41. The molecule has 0 amide bonds. The Balaban J connectivity index is 1.83. The van der Waals surface area contributed by atoms with Gasteiger partial charge in [-0.3, -0.25) is 0 Å². The minimum atomic E-state index is -0.976. The molecule has 0 spiro atoms. The van der Waals surface area contributed by atoms with Crippen LogP contribution in [-0.2, 0) is 0 Å². The fourth-order valence-corrected chi connectivity index (χ4v) is 3.18. The lowest BCUT2D eigenvalue weighted by molar-refractivity contribution is -0.647. The molecule has 0 saturated carbocycles. The fraction of sp³-hybridized carbons (Fsp3) is 0.400. The van der Waals surface area contributed by atoms with E-state index in [0.717, 1.165) is 29.1 Å². The fourth-order valence-electron chi connectivity index (χ4n) is 3.18. The van der Waals surface area contributed by atoms with Gasteiger partial charge in [-0.05, 0) is 24.6 Å². The quantitative estimate of drug-likeness (QED) is 0.669. The zero-order valence-corrected chi connectivity index (χ0v) is 12.5. The lowest BCUT2D eigenvalue weighted by Gasteiger charge is -2.35. The van der Waals surface area contributed by atoms with E-state index in [1.54, 1.807) is 4.90 Å². The largest absolute Gasteiger partial charge is 0.723 e. The van der Waals surface area contributed by atoms with Crippen LogP contribution in [0, 0.1) is 5.21 Å². The average molecular weight is 301 g/mol. The SMILES string of the molecule is CCCCN1C(O)N2C(=[N+]1[O-])N1C=CCN1c1ccccc12. The lowest BCUT2D eigenvalue weighted by Crippen LogP contribution is -2.55. The number of hydrogen-bond donors (Lipinski definition) is 1. The second kappa shape index (κ2) is 4.81. The third-order valence-electron chi connectivity index (χ3n) is 4.27. The number of fused-ring (bicyclic) bond motifs is 6. The zero-order valence-electron chi connectivity index (χ0n) is 12.5. The molecule has 1 N–H and O–H groups in total. The molecule has 0 radical (unpaired) electrons. The molecule has 0 aromatic heterocycles. The van der Waals surface area contributed by atoms with Gasteiger partial charge in [0.05, 0.1) is 19.3 Å². The van der Waals surface area contributed by atoms with Gasteiger partial charge in [-0.2, -0.15) is 9.75 Å². The van der Waals surface area contributed by atoms with Gasteiger partial charge in [-0.25, -0.2) is 10.0 Å². The molecule has 7 heteroatoms. The first-order chi connectivity index (χ1) is 10.7. The van der Waals surface area contributed by atoms with Crippen molar-refractivity contribution in [3.63, 3.8) is 0 Å². The summed E-state index contributed by atoms with van der Waals surface area (Å²) in [5, 5.41) is 28.7. The molecular weight excluding hydrogens is 282 g/mol. The Morgan fingerprint density at radius 2 is 2.09 bits per heavy atom. The Kier molecular flexibility index (Phi) is 2.90. The standard InChI is InChI=1S/C15H19N5O2/c1-2-3-9-18-15(21)19-13-8-5-4-7-12(13)16-10-6-11-17(16)14(19)20(18)22/h4-8,11,15,21H,2-3,9-10H2,1H3. The molecule has 3 aliphatic rings. The molecule has 1 unspecified atom stereocenters. The van der Waals surface area contributed by atoms with Crippen LogP contribution in [0.1, 0.15) is 19.8 Å². The van der Waals surface area contributed by atoms with Crippen LogP contribution in [0.25, 0.3) is 0 Å². The number of benzene rings is 1. The first kappa shape index (κ1) is 13.3. The molecule has 1 aromatic carbocycles. The van der Waals surface area contributed by atoms with Crippen LogP contribution in [0.3, 0.4) is 0 Å². The van der Waals surface area contributed by atoms with E-state index in [1.807, 2.05) is 46.6 Å². The van der Waals surface area contributed by atoms with Gasteiger partial charge in [-0.15, -0.1) is 5.01 Å². The molecule has 1 aromatic rings. The highest BCUT2D eigenvalue weighted by Gasteiger charge is 2.52. The Labute approximate surface area is 129 Å². The van der Waals surface area contributed by atoms with Crippen molar-refractivity contribution < 1.29 is 9.95 Å². The first-order valence-corrected chi connectivity index (χ1v) is 7.64. The summed E-state index contributed by atoms with van der Waals surface area (Å²) in [7, 11) is 0. The third kappa shape index (κ3) is 1.62. The molecule has 116 valence electrons. The van der Waals surface area contributed by atoms with E-state index in [2.05, 4.69) is 6.92 Å². The summed E-state index contributed by atoms with van der Waals surface area (Å²) in [5.41, 5.74) is 1.84. The van der Waals surface area contributed by atoms with Crippen LogP contribution >= 0.6 is 0 Å². The third-order valence-corrected chi connectivity index (χ3v) is 4.27. The molecule has 1 atom stereocenters. The van der Waals surface area contributed by atoms with E-state index in [-0.39, 0.29) is 0 Å². The molecule has 7 nitrogen and oxygen atoms in total. The Morgan fingerprint density at radius 1 is 1.32 bits per heavy atom. The van der Waals surface area contributed by atoms with Gasteiger partial charge in [0, 0.05) is 0 Å².